The van der Waals surface area contributed by atoms with Crippen LogP contribution in [-0.2, 0) is 13.6 Å². The Morgan fingerprint density at radius 3 is 2.74 bits per heavy atom. The lowest BCUT2D eigenvalue weighted by molar-refractivity contribution is 0.0729. The largest absolute Gasteiger partial charge is 0.331 e. The normalized spacial score (nSPS) is 19.9. The number of carbonyl (C=O) groups excluding carboxylic acids is 1. The molecule has 1 aromatic heterocycles. The van der Waals surface area contributed by atoms with Crippen LogP contribution in [0.3, 0.4) is 0 Å². The van der Waals surface area contributed by atoms with Crippen LogP contribution in [0.4, 0.5) is 0 Å². The molecule has 2 heterocycles. The highest BCUT2D eigenvalue weighted by atomic mass is 16.2. The van der Waals surface area contributed by atoms with Crippen LogP contribution in [0.5, 0.6) is 0 Å². The van der Waals surface area contributed by atoms with Gasteiger partial charge < -0.3 is 10.2 Å². The van der Waals surface area contributed by atoms with Crippen molar-refractivity contribution < 1.29 is 4.79 Å². The summed E-state index contributed by atoms with van der Waals surface area (Å²) in [5, 5.41) is 8.00. The predicted octanol–water partition coefficient (Wildman–Crippen LogP) is 3.31. The van der Waals surface area contributed by atoms with E-state index in [9.17, 15) is 4.79 Å². The number of nitrogens with one attached hydrogen (secondary N) is 1. The molecule has 4 rings (SSSR count). The Morgan fingerprint density at radius 2 is 2.11 bits per heavy atom. The number of benzene rings is 1. The summed E-state index contributed by atoms with van der Waals surface area (Å²) in [6, 6.07) is 8.68. The molecule has 2 aromatic rings. The van der Waals surface area contributed by atoms with E-state index in [1.165, 1.54) is 24.0 Å². The predicted molar refractivity (Wildman–Crippen MR) is 107 cm³/mol. The molecular formula is C22H30N4O. The van der Waals surface area contributed by atoms with Crippen molar-refractivity contribution in [3.05, 3.63) is 52.3 Å². The Morgan fingerprint density at radius 1 is 1.30 bits per heavy atom. The van der Waals surface area contributed by atoms with E-state index in [1.54, 1.807) is 0 Å². The van der Waals surface area contributed by atoms with Crippen LogP contribution in [0.1, 0.15) is 64.5 Å². The van der Waals surface area contributed by atoms with Crippen LogP contribution in [0.2, 0.25) is 0 Å². The molecule has 2 aliphatic rings. The summed E-state index contributed by atoms with van der Waals surface area (Å²) >= 11 is 0. The Kier molecular flexibility index (Phi) is 5.04. The van der Waals surface area contributed by atoms with Crippen molar-refractivity contribution in [3.63, 3.8) is 0 Å². The summed E-state index contributed by atoms with van der Waals surface area (Å²) in [7, 11) is 1.97. The molecule has 1 saturated heterocycles. The van der Waals surface area contributed by atoms with Crippen LogP contribution in [0, 0.1) is 13.8 Å². The molecular weight excluding hydrogens is 336 g/mol. The van der Waals surface area contributed by atoms with Crippen molar-refractivity contribution in [2.75, 3.05) is 13.1 Å². The van der Waals surface area contributed by atoms with E-state index in [0.717, 1.165) is 42.9 Å². The van der Waals surface area contributed by atoms with Crippen molar-refractivity contribution in [1.29, 1.82) is 0 Å². The zero-order valence-electron chi connectivity index (χ0n) is 16.7. The standard InChI is InChI=1S/C22H30N4O/c1-15-21(16(2)25(3)24-15)14-26(20-9-10-20)22(27)18-7-4-6-17(12-18)19-8-5-11-23-13-19/h4,6-7,12,19-20,23H,5,8-11,13-14H2,1-3H3. The van der Waals surface area contributed by atoms with Gasteiger partial charge >= 0.3 is 0 Å². The van der Waals surface area contributed by atoms with E-state index in [-0.39, 0.29) is 5.91 Å². The van der Waals surface area contributed by atoms with Crippen molar-refractivity contribution >= 4 is 5.91 Å². The Hall–Kier alpha value is -2.14. The Bertz CT molecular complexity index is 831. The first kappa shape index (κ1) is 18.2. The van der Waals surface area contributed by atoms with Gasteiger partial charge in [0.25, 0.3) is 5.91 Å². The summed E-state index contributed by atoms with van der Waals surface area (Å²) in [5.74, 6) is 0.675. The molecule has 1 aromatic carbocycles. The van der Waals surface area contributed by atoms with Gasteiger partial charge in [0, 0.05) is 43.0 Å². The minimum Gasteiger partial charge on any atom is -0.331 e. The van der Waals surface area contributed by atoms with Gasteiger partial charge in [0.05, 0.1) is 5.69 Å². The number of amides is 1. The van der Waals surface area contributed by atoms with Gasteiger partial charge in [-0.2, -0.15) is 5.10 Å². The maximum absolute atomic E-state index is 13.4. The van der Waals surface area contributed by atoms with E-state index in [1.807, 2.05) is 30.8 Å². The summed E-state index contributed by atoms with van der Waals surface area (Å²) in [6.45, 7) is 6.90. The molecule has 144 valence electrons. The van der Waals surface area contributed by atoms with Crippen LogP contribution in [-0.4, -0.2) is 39.7 Å². The van der Waals surface area contributed by atoms with E-state index in [2.05, 4.69) is 34.4 Å². The number of piperidine rings is 1. The monoisotopic (exact) mass is 366 g/mol. The highest BCUT2D eigenvalue weighted by Gasteiger charge is 2.34. The lowest BCUT2D eigenvalue weighted by Gasteiger charge is -2.25. The van der Waals surface area contributed by atoms with E-state index >= 15 is 0 Å². The number of aromatic nitrogens is 2. The molecule has 27 heavy (non-hydrogen) atoms. The molecule has 2 fully saturated rings. The fourth-order valence-electron chi connectivity index (χ4n) is 4.20. The summed E-state index contributed by atoms with van der Waals surface area (Å²) < 4.78 is 1.91. The highest BCUT2D eigenvalue weighted by Crippen LogP contribution is 2.32. The van der Waals surface area contributed by atoms with Crippen molar-refractivity contribution in [3.8, 4) is 0 Å². The number of hydrogen-bond donors (Lipinski definition) is 1. The van der Waals surface area contributed by atoms with E-state index < -0.39 is 0 Å². The topological polar surface area (TPSA) is 50.2 Å². The summed E-state index contributed by atoms with van der Waals surface area (Å²) in [5.41, 5.74) is 5.47. The molecule has 0 spiro atoms. The van der Waals surface area contributed by atoms with E-state index in [4.69, 9.17) is 0 Å². The zero-order chi connectivity index (χ0) is 19.0. The first-order valence-electron chi connectivity index (χ1n) is 10.2. The third kappa shape index (κ3) is 3.79. The molecule has 5 heteroatoms. The SMILES string of the molecule is Cc1nn(C)c(C)c1CN(C(=O)c1cccc(C2CCCNC2)c1)C1CC1. The van der Waals surface area contributed by atoms with Crippen LogP contribution in [0.15, 0.2) is 24.3 Å². The number of nitrogens with zero attached hydrogens (tertiary/aromatic N) is 3. The number of carbonyl (C=O) groups is 1. The highest BCUT2D eigenvalue weighted by molar-refractivity contribution is 5.94. The fourth-order valence-corrected chi connectivity index (χ4v) is 4.20. The third-order valence-electron chi connectivity index (χ3n) is 6.14. The molecule has 1 saturated carbocycles. The fraction of sp³-hybridized carbons (Fsp3) is 0.545. The second kappa shape index (κ2) is 7.47. The second-order valence-electron chi connectivity index (χ2n) is 8.11. The first-order chi connectivity index (χ1) is 13.0. The quantitative estimate of drug-likeness (QED) is 0.883. The molecule has 5 nitrogen and oxygen atoms in total. The molecule has 1 unspecified atom stereocenters. The van der Waals surface area contributed by atoms with Gasteiger partial charge in [-0.25, -0.2) is 0 Å². The molecule has 1 aliphatic heterocycles. The van der Waals surface area contributed by atoms with Gasteiger partial charge in [-0.3, -0.25) is 9.48 Å². The average molecular weight is 367 g/mol. The Labute approximate surface area is 161 Å². The third-order valence-corrected chi connectivity index (χ3v) is 6.14. The van der Waals surface area contributed by atoms with Gasteiger partial charge in [-0.05, 0) is 69.7 Å². The van der Waals surface area contributed by atoms with Crippen molar-refractivity contribution in [1.82, 2.24) is 20.0 Å². The smallest absolute Gasteiger partial charge is 0.254 e. The van der Waals surface area contributed by atoms with Gasteiger partial charge in [-0.1, -0.05) is 12.1 Å². The molecule has 1 amide bonds. The maximum atomic E-state index is 13.4. The molecule has 0 radical (unpaired) electrons. The number of aryl methyl sites for hydroxylation is 2. The number of hydrogen-bond acceptors (Lipinski definition) is 3. The van der Waals surface area contributed by atoms with Gasteiger partial charge in [0.2, 0.25) is 0 Å². The second-order valence-corrected chi connectivity index (χ2v) is 8.11. The minimum atomic E-state index is 0.158. The van der Waals surface area contributed by atoms with Gasteiger partial charge in [-0.15, -0.1) is 0 Å². The van der Waals surface area contributed by atoms with Crippen molar-refractivity contribution in [2.24, 2.45) is 7.05 Å². The molecule has 1 N–H and O–H groups in total. The molecule has 1 atom stereocenters. The zero-order valence-corrected chi connectivity index (χ0v) is 16.7. The minimum absolute atomic E-state index is 0.158. The van der Waals surface area contributed by atoms with Crippen LogP contribution < -0.4 is 5.32 Å². The van der Waals surface area contributed by atoms with Crippen LogP contribution in [0.25, 0.3) is 0 Å². The molecule has 0 bridgehead atoms. The first-order valence-corrected chi connectivity index (χ1v) is 10.2. The number of rotatable bonds is 5. The van der Waals surface area contributed by atoms with Crippen molar-refractivity contribution in [2.45, 2.75) is 58.0 Å². The average Bonchev–Trinajstić information content (AvgIpc) is 3.50. The summed E-state index contributed by atoms with van der Waals surface area (Å²) in [6.07, 6.45) is 4.62. The Balaban J connectivity index is 1.57. The lowest BCUT2D eigenvalue weighted by atomic mass is 9.90. The lowest BCUT2D eigenvalue weighted by Crippen LogP contribution is -2.33. The maximum Gasteiger partial charge on any atom is 0.254 e. The van der Waals surface area contributed by atoms with Gasteiger partial charge in [0.1, 0.15) is 0 Å². The van der Waals surface area contributed by atoms with Crippen LogP contribution >= 0.6 is 0 Å². The molecule has 1 aliphatic carbocycles. The van der Waals surface area contributed by atoms with Gasteiger partial charge in [0.15, 0.2) is 0 Å². The van der Waals surface area contributed by atoms with E-state index in [0.29, 0.717) is 18.5 Å². The summed E-state index contributed by atoms with van der Waals surface area (Å²) in [4.78, 5) is 15.4.